The summed E-state index contributed by atoms with van der Waals surface area (Å²) in [5.41, 5.74) is 1.94. The lowest BCUT2D eigenvalue weighted by molar-refractivity contribution is -0.115. The number of halogens is 2. The molecule has 1 atom stereocenters. The van der Waals surface area contributed by atoms with Crippen LogP contribution in [-0.2, 0) is 10.2 Å². The number of nitrogens with one attached hydrogen (secondary N) is 1. The molecule has 0 fully saturated rings. The van der Waals surface area contributed by atoms with Crippen LogP contribution in [0.15, 0.2) is 58.8 Å². The van der Waals surface area contributed by atoms with Gasteiger partial charge < -0.3 is 5.32 Å². The molecular formula is C22H21Cl2N5OS. The number of amides is 1. The zero-order valence-corrected chi connectivity index (χ0v) is 19.6. The van der Waals surface area contributed by atoms with Crippen LogP contribution in [0.5, 0.6) is 0 Å². The molecule has 160 valence electrons. The summed E-state index contributed by atoms with van der Waals surface area (Å²) in [6, 6.07) is 14.9. The molecule has 0 bridgehead atoms. The average molecular weight is 474 g/mol. The Labute approximate surface area is 195 Å². The highest BCUT2D eigenvalue weighted by Crippen LogP contribution is 2.34. The topological polar surface area (TPSA) is 72.2 Å². The Morgan fingerprint density at radius 1 is 1.06 bits per heavy atom. The summed E-state index contributed by atoms with van der Waals surface area (Å²) in [4.78, 5) is 12.9. The molecule has 31 heavy (non-hydrogen) atoms. The van der Waals surface area contributed by atoms with Crippen molar-refractivity contribution < 1.29 is 4.79 Å². The summed E-state index contributed by atoms with van der Waals surface area (Å²) in [7, 11) is 0. The van der Waals surface area contributed by atoms with Gasteiger partial charge in [-0.15, -0.1) is 10.2 Å². The Hall–Kier alpha value is -2.35. The highest BCUT2D eigenvalue weighted by Gasteiger charge is 2.33. The van der Waals surface area contributed by atoms with Gasteiger partial charge in [0.15, 0.2) is 5.82 Å². The van der Waals surface area contributed by atoms with Crippen molar-refractivity contribution in [1.29, 1.82) is 0 Å². The fourth-order valence-electron chi connectivity index (χ4n) is 3.34. The second kappa shape index (κ2) is 8.65. The first kappa shape index (κ1) is 21.9. The van der Waals surface area contributed by atoms with E-state index in [4.69, 9.17) is 23.2 Å². The molecule has 9 heteroatoms. The monoisotopic (exact) mass is 473 g/mol. The number of fused-ring (bicyclic) bond motifs is 1. The molecule has 4 rings (SSSR count). The van der Waals surface area contributed by atoms with Gasteiger partial charge >= 0.3 is 0 Å². The second-order valence-corrected chi connectivity index (χ2v) is 9.65. The Kier molecular flexibility index (Phi) is 6.10. The number of thioether (sulfide) groups is 1. The molecule has 1 aliphatic heterocycles. The van der Waals surface area contributed by atoms with Crippen LogP contribution in [0, 0.1) is 0 Å². The van der Waals surface area contributed by atoms with Crippen molar-refractivity contribution in [3.8, 4) is 0 Å². The molecule has 0 unspecified atom stereocenters. The van der Waals surface area contributed by atoms with Gasteiger partial charge in [0.1, 0.15) is 5.71 Å². The van der Waals surface area contributed by atoms with Crippen LogP contribution in [0.2, 0.25) is 10.0 Å². The first-order valence-corrected chi connectivity index (χ1v) is 11.5. The minimum absolute atomic E-state index is 0.176. The number of hydrogen-bond acceptors (Lipinski definition) is 5. The number of rotatable bonds is 5. The summed E-state index contributed by atoms with van der Waals surface area (Å²) >= 11 is 13.4. The van der Waals surface area contributed by atoms with Crippen LogP contribution in [0.4, 0.5) is 0 Å². The molecule has 1 aromatic heterocycles. The van der Waals surface area contributed by atoms with Crippen molar-refractivity contribution in [2.24, 2.45) is 5.10 Å². The Balaban J connectivity index is 1.59. The van der Waals surface area contributed by atoms with Gasteiger partial charge in [-0.05, 0) is 56.2 Å². The highest BCUT2D eigenvalue weighted by molar-refractivity contribution is 8.00. The van der Waals surface area contributed by atoms with E-state index in [2.05, 4.69) is 20.6 Å². The maximum Gasteiger partial charge on any atom is 0.268 e. The molecule has 0 radical (unpaired) electrons. The van der Waals surface area contributed by atoms with Crippen molar-refractivity contribution in [2.75, 3.05) is 5.75 Å². The fourth-order valence-corrected chi connectivity index (χ4v) is 4.39. The van der Waals surface area contributed by atoms with E-state index in [-0.39, 0.29) is 11.9 Å². The number of aromatic nitrogens is 3. The van der Waals surface area contributed by atoms with E-state index in [0.717, 1.165) is 11.1 Å². The average Bonchev–Trinajstić information content (AvgIpc) is 3.18. The zero-order chi connectivity index (χ0) is 22.2. The Morgan fingerprint density at radius 2 is 1.68 bits per heavy atom. The first-order valence-electron chi connectivity index (χ1n) is 9.74. The van der Waals surface area contributed by atoms with Gasteiger partial charge in [0.2, 0.25) is 5.16 Å². The smallest absolute Gasteiger partial charge is 0.268 e. The molecule has 0 saturated carbocycles. The van der Waals surface area contributed by atoms with Crippen LogP contribution >= 0.6 is 35.0 Å². The van der Waals surface area contributed by atoms with Crippen LogP contribution in [0.3, 0.4) is 0 Å². The molecule has 0 spiro atoms. The summed E-state index contributed by atoms with van der Waals surface area (Å²) in [5, 5.41) is 18.3. The van der Waals surface area contributed by atoms with E-state index < -0.39 is 5.41 Å². The summed E-state index contributed by atoms with van der Waals surface area (Å²) in [6.45, 7) is 6.02. The molecule has 2 aromatic carbocycles. The Morgan fingerprint density at radius 3 is 2.32 bits per heavy atom. The predicted octanol–water partition coefficient (Wildman–Crippen LogP) is 5.10. The number of carbonyl (C=O) groups excluding carboxylic acids is 1. The minimum atomic E-state index is -0.477. The lowest BCUT2D eigenvalue weighted by Crippen LogP contribution is -2.36. The standard InChI is InChI=1S/C22H21Cl2N5OS/c1-13(14-4-8-16(23)9-5-14)25-19(30)18-12-31-21-27-26-20(29(21)28-18)22(2,3)15-6-10-17(24)11-7-15/h4-11,13H,12H2,1-3H3,(H,25,30)/t13-/m0/s1. The third-order valence-corrected chi connectivity index (χ3v) is 6.71. The first-order chi connectivity index (χ1) is 14.8. The van der Waals surface area contributed by atoms with E-state index in [9.17, 15) is 4.79 Å². The normalized spacial score (nSPS) is 14.5. The van der Waals surface area contributed by atoms with Crippen LogP contribution in [0.25, 0.3) is 0 Å². The Bertz CT molecular complexity index is 1140. The summed E-state index contributed by atoms with van der Waals surface area (Å²) < 4.78 is 1.67. The van der Waals surface area contributed by atoms with Gasteiger partial charge in [0.25, 0.3) is 5.91 Å². The lowest BCUT2D eigenvalue weighted by atomic mass is 9.84. The molecule has 3 aromatic rings. The molecule has 1 aliphatic rings. The van der Waals surface area contributed by atoms with Gasteiger partial charge in [-0.2, -0.15) is 9.78 Å². The van der Waals surface area contributed by atoms with Crippen molar-refractivity contribution >= 4 is 46.6 Å². The third-order valence-electron chi connectivity index (χ3n) is 5.28. The van der Waals surface area contributed by atoms with Crippen molar-refractivity contribution in [3.63, 3.8) is 0 Å². The van der Waals surface area contributed by atoms with Gasteiger partial charge in [0, 0.05) is 10.0 Å². The van der Waals surface area contributed by atoms with Crippen molar-refractivity contribution in [3.05, 3.63) is 75.5 Å². The van der Waals surface area contributed by atoms with E-state index in [1.54, 1.807) is 4.68 Å². The molecule has 0 aliphatic carbocycles. The highest BCUT2D eigenvalue weighted by atomic mass is 35.5. The molecule has 2 heterocycles. The predicted molar refractivity (Wildman–Crippen MR) is 125 cm³/mol. The number of nitrogens with zero attached hydrogens (tertiary/aromatic N) is 4. The largest absolute Gasteiger partial charge is 0.344 e. The molecule has 0 saturated heterocycles. The van der Waals surface area contributed by atoms with Gasteiger partial charge in [-0.3, -0.25) is 4.79 Å². The van der Waals surface area contributed by atoms with Gasteiger partial charge in [-0.25, -0.2) is 0 Å². The zero-order valence-electron chi connectivity index (χ0n) is 17.3. The molecule has 1 amide bonds. The maximum atomic E-state index is 12.9. The van der Waals surface area contributed by atoms with Gasteiger partial charge in [-0.1, -0.05) is 59.2 Å². The maximum absolute atomic E-state index is 12.9. The molecule has 6 nitrogen and oxygen atoms in total. The van der Waals surface area contributed by atoms with Crippen molar-refractivity contribution in [2.45, 2.75) is 37.4 Å². The van der Waals surface area contributed by atoms with E-state index in [1.165, 1.54) is 11.8 Å². The number of benzene rings is 2. The van der Waals surface area contributed by atoms with E-state index in [0.29, 0.717) is 32.5 Å². The van der Waals surface area contributed by atoms with E-state index in [1.807, 2.05) is 69.3 Å². The third kappa shape index (κ3) is 4.49. The summed E-state index contributed by atoms with van der Waals surface area (Å²) in [5.74, 6) is 0.871. The van der Waals surface area contributed by atoms with Crippen molar-refractivity contribution in [1.82, 2.24) is 20.2 Å². The van der Waals surface area contributed by atoms with E-state index >= 15 is 0 Å². The summed E-state index contributed by atoms with van der Waals surface area (Å²) in [6.07, 6.45) is 0. The number of carbonyl (C=O) groups is 1. The number of hydrogen-bond donors (Lipinski definition) is 1. The molecular weight excluding hydrogens is 453 g/mol. The van der Waals surface area contributed by atoms with Crippen LogP contribution < -0.4 is 5.32 Å². The van der Waals surface area contributed by atoms with Crippen LogP contribution in [0.1, 0.15) is 43.8 Å². The lowest BCUT2D eigenvalue weighted by Gasteiger charge is -2.25. The van der Waals surface area contributed by atoms with Gasteiger partial charge in [0.05, 0.1) is 17.2 Å². The molecule has 1 N–H and O–H groups in total. The second-order valence-electron chi connectivity index (χ2n) is 7.83. The quantitative estimate of drug-likeness (QED) is 0.559. The van der Waals surface area contributed by atoms with Crippen LogP contribution in [-0.4, -0.2) is 32.2 Å². The fraction of sp³-hybridized carbons (Fsp3) is 0.273. The SMILES string of the molecule is C[C@H](NC(=O)C1=Nn2c(nnc2C(C)(C)c2ccc(Cl)cc2)SC1)c1ccc(Cl)cc1. The minimum Gasteiger partial charge on any atom is -0.344 e.